The molecule has 0 spiro atoms. The van der Waals surface area contributed by atoms with Crippen LogP contribution in [0.1, 0.15) is 25.6 Å². The van der Waals surface area contributed by atoms with Crippen molar-refractivity contribution in [1.82, 2.24) is 14.5 Å². The van der Waals surface area contributed by atoms with Gasteiger partial charge in [0.2, 0.25) is 0 Å². The van der Waals surface area contributed by atoms with E-state index >= 15 is 0 Å². The van der Waals surface area contributed by atoms with Crippen LogP contribution in [-0.2, 0) is 6.42 Å². The van der Waals surface area contributed by atoms with Crippen LogP contribution < -0.4 is 10.9 Å². The molecule has 1 aromatic heterocycles. The average Bonchev–Trinajstić information content (AvgIpc) is 2.67. The van der Waals surface area contributed by atoms with Gasteiger partial charge in [-0.2, -0.15) is 0 Å². The molecule has 0 aliphatic rings. The van der Waals surface area contributed by atoms with Crippen molar-refractivity contribution in [2.75, 3.05) is 32.5 Å². The summed E-state index contributed by atoms with van der Waals surface area (Å²) < 4.78 is 1.77. The summed E-state index contributed by atoms with van der Waals surface area (Å²) in [6.45, 7) is 4.00. The summed E-state index contributed by atoms with van der Waals surface area (Å²) in [6.07, 6.45) is 2.87. The standard InChI is InChI=1S/C22H28N4O/c1-4-5-10-21-24-20-9-7-6-8-19(20)22(27)26(21)18-13-11-17(12-14-18)23-15-16-25(2)3/h6-9,11-14,23H,4-5,10,15-16H2,1-3H3. The Bertz CT molecular complexity index is 945. The number of para-hydroxylation sites is 1. The highest BCUT2D eigenvalue weighted by molar-refractivity contribution is 5.77. The molecule has 0 radical (unpaired) electrons. The van der Waals surface area contributed by atoms with Crippen LogP contribution in [0.25, 0.3) is 16.6 Å². The molecule has 5 nitrogen and oxygen atoms in total. The quantitative estimate of drug-likeness (QED) is 0.662. The van der Waals surface area contributed by atoms with E-state index in [-0.39, 0.29) is 5.56 Å². The molecule has 1 heterocycles. The van der Waals surface area contributed by atoms with Crippen molar-refractivity contribution in [3.63, 3.8) is 0 Å². The Labute approximate surface area is 160 Å². The Kier molecular flexibility index (Phi) is 6.24. The summed E-state index contributed by atoms with van der Waals surface area (Å²) in [5, 5.41) is 4.06. The van der Waals surface area contributed by atoms with Crippen molar-refractivity contribution in [2.45, 2.75) is 26.2 Å². The van der Waals surface area contributed by atoms with Crippen LogP contribution in [0.15, 0.2) is 53.3 Å². The van der Waals surface area contributed by atoms with Crippen LogP contribution in [0, 0.1) is 0 Å². The lowest BCUT2D eigenvalue weighted by Crippen LogP contribution is -2.24. The fraction of sp³-hybridized carbons (Fsp3) is 0.364. The summed E-state index contributed by atoms with van der Waals surface area (Å²) in [6, 6.07) is 15.6. The van der Waals surface area contributed by atoms with Crippen LogP contribution >= 0.6 is 0 Å². The number of fused-ring (bicyclic) bond motifs is 1. The van der Waals surface area contributed by atoms with Crippen molar-refractivity contribution in [2.24, 2.45) is 0 Å². The van der Waals surface area contributed by atoms with Gasteiger partial charge in [0.1, 0.15) is 5.82 Å². The molecule has 142 valence electrons. The van der Waals surface area contributed by atoms with Crippen LogP contribution in [0.3, 0.4) is 0 Å². The molecule has 0 atom stereocenters. The highest BCUT2D eigenvalue weighted by atomic mass is 16.1. The van der Waals surface area contributed by atoms with E-state index in [9.17, 15) is 4.79 Å². The molecule has 5 heteroatoms. The normalized spacial score (nSPS) is 11.3. The van der Waals surface area contributed by atoms with Gasteiger partial charge in [0.05, 0.1) is 16.6 Å². The van der Waals surface area contributed by atoms with Crippen molar-refractivity contribution >= 4 is 16.6 Å². The molecule has 1 N–H and O–H groups in total. The van der Waals surface area contributed by atoms with Crippen molar-refractivity contribution in [3.05, 3.63) is 64.7 Å². The maximum atomic E-state index is 13.1. The number of anilines is 1. The number of benzene rings is 2. The van der Waals surface area contributed by atoms with Crippen LogP contribution in [0.2, 0.25) is 0 Å². The summed E-state index contributed by atoms with van der Waals surface area (Å²) in [7, 11) is 4.11. The summed E-state index contributed by atoms with van der Waals surface area (Å²) >= 11 is 0. The van der Waals surface area contributed by atoms with Gasteiger partial charge in [0.15, 0.2) is 0 Å². The van der Waals surface area contributed by atoms with Gasteiger partial charge in [0, 0.05) is 25.2 Å². The molecule has 2 aromatic carbocycles. The number of unbranched alkanes of at least 4 members (excludes halogenated alkanes) is 1. The Morgan fingerprint density at radius 1 is 1.07 bits per heavy atom. The van der Waals surface area contributed by atoms with Gasteiger partial charge < -0.3 is 10.2 Å². The lowest BCUT2D eigenvalue weighted by molar-refractivity contribution is 0.425. The minimum atomic E-state index is 0.0000185. The van der Waals surface area contributed by atoms with E-state index in [4.69, 9.17) is 4.98 Å². The van der Waals surface area contributed by atoms with Crippen LogP contribution in [0.5, 0.6) is 0 Å². The minimum Gasteiger partial charge on any atom is -0.384 e. The highest BCUT2D eigenvalue weighted by Crippen LogP contribution is 2.17. The molecule has 3 aromatic rings. The predicted molar refractivity (Wildman–Crippen MR) is 113 cm³/mol. The van der Waals surface area contributed by atoms with E-state index in [1.807, 2.05) is 48.5 Å². The van der Waals surface area contributed by atoms with Crippen LogP contribution in [0.4, 0.5) is 5.69 Å². The van der Waals surface area contributed by atoms with E-state index in [1.54, 1.807) is 4.57 Å². The second kappa shape index (κ2) is 8.82. The molecule has 27 heavy (non-hydrogen) atoms. The predicted octanol–water partition coefficient (Wildman–Crippen LogP) is 3.70. The molecule has 0 amide bonds. The number of nitrogens with one attached hydrogen (secondary N) is 1. The fourth-order valence-electron chi connectivity index (χ4n) is 3.10. The molecule has 0 saturated carbocycles. The number of aryl methyl sites for hydroxylation is 1. The third-order valence-corrected chi connectivity index (χ3v) is 4.61. The van der Waals surface area contributed by atoms with E-state index in [0.29, 0.717) is 5.39 Å². The number of hydrogen-bond donors (Lipinski definition) is 1. The summed E-state index contributed by atoms with van der Waals surface area (Å²) in [5.74, 6) is 0.828. The molecule has 0 bridgehead atoms. The molecule has 0 aliphatic carbocycles. The molecule has 0 fully saturated rings. The first-order chi connectivity index (χ1) is 13.1. The second-order valence-electron chi connectivity index (χ2n) is 7.07. The number of nitrogens with zero attached hydrogens (tertiary/aromatic N) is 3. The van der Waals surface area contributed by atoms with Gasteiger partial charge in [0.25, 0.3) is 5.56 Å². The number of likely N-dealkylation sites (N-methyl/N-ethyl adjacent to an activating group) is 1. The Morgan fingerprint density at radius 2 is 1.81 bits per heavy atom. The Hall–Kier alpha value is -2.66. The SMILES string of the molecule is CCCCc1nc2ccccc2c(=O)n1-c1ccc(NCCN(C)C)cc1. The van der Waals surface area contributed by atoms with Gasteiger partial charge in [-0.3, -0.25) is 9.36 Å². The zero-order valence-electron chi connectivity index (χ0n) is 16.4. The highest BCUT2D eigenvalue weighted by Gasteiger charge is 2.12. The molecular weight excluding hydrogens is 336 g/mol. The lowest BCUT2D eigenvalue weighted by Gasteiger charge is -2.15. The summed E-state index contributed by atoms with van der Waals surface area (Å²) in [5.41, 5.74) is 2.69. The van der Waals surface area contributed by atoms with E-state index in [2.05, 4.69) is 31.2 Å². The van der Waals surface area contributed by atoms with Crippen molar-refractivity contribution in [1.29, 1.82) is 0 Å². The monoisotopic (exact) mass is 364 g/mol. The zero-order chi connectivity index (χ0) is 19.2. The van der Waals surface area contributed by atoms with Crippen LogP contribution in [-0.4, -0.2) is 41.6 Å². The summed E-state index contributed by atoms with van der Waals surface area (Å²) in [4.78, 5) is 20.1. The third-order valence-electron chi connectivity index (χ3n) is 4.61. The first kappa shape index (κ1) is 19.1. The van der Waals surface area contributed by atoms with E-state index < -0.39 is 0 Å². The third kappa shape index (κ3) is 4.55. The fourth-order valence-corrected chi connectivity index (χ4v) is 3.10. The first-order valence-corrected chi connectivity index (χ1v) is 9.60. The van der Waals surface area contributed by atoms with Crippen molar-refractivity contribution < 1.29 is 0 Å². The molecule has 0 unspecified atom stereocenters. The van der Waals surface area contributed by atoms with Gasteiger partial charge in [-0.1, -0.05) is 25.5 Å². The van der Waals surface area contributed by atoms with E-state index in [0.717, 1.165) is 55.1 Å². The zero-order valence-corrected chi connectivity index (χ0v) is 16.4. The minimum absolute atomic E-state index is 0.0000185. The van der Waals surface area contributed by atoms with Gasteiger partial charge in [-0.15, -0.1) is 0 Å². The number of hydrogen-bond acceptors (Lipinski definition) is 4. The maximum absolute atomic E-state index is 13.1. The first-order valence-electron chi connectivity index (χ1n) is 9.60. The lowest BCUT2D eigenvalue weighted by atomic mass is 10.2. The maximum Gasteiger partial charge on any atom is 0.265 e. The van der Waals surface area contributed by atoms with Gasteiger partial charge in [-0.25, -0.2) is 4.98 Å². The van der Waals surface area contributed by atoms with Crippen molar-refractivity contribution in [3.8, 4) is 5.69 Å². The topological polar surface area (TPSA) is 50.2 Å². The second-order valence-corrected chi connectivity index (χ2v) is 7.07. The molecule has 0 aliphatic heterocycles. The molecular formula is C22H28N4O. The smallest absolute Gasteiger partial charge is 0.265 e. The van der Waals surface area contributed by atoms with Gasteiger partial charge >= 0.3 is 0 Å². The Balaban J connectivity index is 1.96. The molecule has 0 saturated heterocycles. The van der Waals surface area contributed by atoms with Gasteiger partial charge in [-0.05, 0) is 56.9 Å². The largest absolute Gasteiger partial charge is 0.384 e. The number of aromatic nitrogens is 2. The Morgan fingerprint density at radius 3 is 2.52 bits per heavy atom. The average molecular weight is 364 g/mol. The molecule has 3 rings (SSSR count). The van der Waals surface area contributed by atoms with E-state index in [1.165, 1.54) is 0 Å². The number of rotatable bonds is 8.